The first-order valence-electron chi connectivity index (χ1n) is 9.09. The van der Waals surface area contributed by atoms with Gasteiger partial charge in [-0.2, -0.15) is 0 Å². The van der Waals surface area contributed by atoms with Gasteiger partial charge in [0.2, 0.25) is 11.8 Å². The lowest BCUT2D eigenvalue weighted by molar-refractivity contribution is -0.118. The first-order valence-corrected chi connectivity index (χ1v) is 9.09. The molecular formula is C22H28N2O2. The van der Waals surface area contributed by atoms with Gasteiger partial charge in [-0.05, 0) is 74.9 Å². The number of rotatable bonds is 7. The van der Waals surface area contributed by atoms with Gasteiger partial charge in [-0.3, -0.25) is 9.59 Å². The predicted octanol–water partition coefficient (Wildman–Crippen LogP) is 5.06. The molecule has 0 atom stereocenters. The monoisotopic (exact) mass is 352 g/mol. The number of hydrogen-bond acceptors (Lipinski definition) is 2. The maximum atomic E-state index is 12.1. The van der Waals surface area contributed by atoms with Gasteiger partial charge in [0.1, 0.15) is 0 Å². The summed E-state index contributed by atoms with van der Waals surface area (Å²) in [6.07, 6.45) is 2.22. The number of hydrogen-bond donors (Lipinski definition) is 2. The zero-order valence-corrected chi connectivity index (χ0v) is 16.1. The highest BCUT2D eigenvalue weighted by atomic mass is 16.2. The quantitative estimate of drug-likeness (QED) is 0.684. The van der Waals surface area contributed by atoms with Gasteiger partial charge in [0, 0.05) is 24.2 Å². The van der Waals surface area contributed by atoms with Crippen molar-refractivity contribution in [1.82, 2.24) is 0 Å². The van der Waals surface area contributed by atoms with E-state index in [1.165, 1.54) is 0 Å². The van der Waals surface area contributed by atoms with Gasteiger partial charge in [0.15, 0.2) is 0 Å². The SMILES string of the molecule is Cc1ccc(C)c(NC(=O)CCCCC(=O)Nc2cc(C)ccc2C)c1. The molecule has 0 heterocycles. The molecule has 0 radical (unpaired) electrons. The van der Waals surface area contributed by atoms with Crippen molar-refractivity contribution in [3.63, 3.8) is 0 Å². The first kappa shape index (κ1) is 19.7. The van der Waals surface area contributed by atoms with E-state index in [1.807, 2.05) is 64.1 Å². The van der Waals surface area contributed by atoms with Gasteiger partial charge in [-0.1, -0.05) is 24.3 Å². The summed E-state index contributed by atoms with van der Waals surface area (Å²) in [5, 5.41) is 5.91. The molecule has 0 aliphatic rings. The Balaban J connectivity index is 1.72. The van der Waals surface area contributed by atoms with E-state index in [2.05, 4.69) is 10.6 Å². The Bertz CT molecular complexity index is 729. The Morgan fingerprint density at radius 3 is 1.46 bits per heavy atom. The van der Waals surface area contributed by atoms with Crippen LogP contribution in [-0.4, -0.2) is 11.8 Å². The molecule has 0 bridgehead atoms. The van der Waals surface area contributed by atoms with E-state index in [4.69, 9.17) is 0 Å². The average Bonchev–Trinajstić information content (AvgIpc) is 2.58. The Morgan fingerprint density at radius 1 is 0.692 bits per heavy atom. The van der Waals surface area contributed by atoms with E-state index >= 15 is 0 Å². The highest BCUT2D eigenvalue weighted by Crippen LogP contribution is 2.18. The highest BCUT2D eigenvalue weighted by Gasteiger charge is 2.08. The van der Waals surface area contributed by atoms with Gasteiger partial charge >= 0.3 is 0 Å². The van der Waals surface area contributed by atoms with Gasteiger partial charge in [-0.15, -0.1) is 0 Å². The Kier molecular flexibility index (Phi) is 6.96. The van der Waals surface area contributed by atoms with Gasteiger partial charge in [0.25, 0.3) is 0 Å². The molecule has 138 valence electrons. The van der Waals surface area contributed by atoms with Crippen LogP contribution in [0.5, 0.6) is 0 Å². The van der Waals surface area contributed by atoms with Crippen molar-refractivity contribution in [3.05, 3.63) is 58.7 Å². The largest absolute Gasteiger partial charge is 0.326 e. The second-order valence-electron chi connectivity index (χ2n) is 6.94. The average molecular weight is 352 g/mol. The number of nitrogens with one attached hydrogen (secondary N) is 2. The molecule has 26 heavy (non-hydrogen) atoms. The van der Waals surface area contributed by atoms with Crippen molar-refractivity contribution >= 4 is 23.2 Å². The van der Waals surface area contributed by atoms with Crippen LogP contribution in [0.1, 0.15) is 47.9 Å². The van der Waals surface area contributed by atoms with Crippen LogP contribution in [0.4, 0.5) is 11.4 Å². The molecule has 0 aliphatic heterocycles. The second-order valence-corrected chi connectivity index (χ2v) is 6.94. The van der Waals surface area contributed by atoms with Crippen molar-refractivity contribution in [1.29, 1.82) is 0 Å². The number of carbonyl (C=O) groups is 2. The topological polar surface area (TPSA) is 58.2 Å². The summed E-state index contributed by atoms with van der Waals surface area (Å²) in [6.45, 7) is 7.96. The minimum Gasteiger partial charge on any atom is -0.326 e. The summed E-state index contributed by atoms with van der Waals surface area (Å²) in [7, 11) is 0. The molecule has 0 aromatic heterocycles. The lowest BCUT2D eigenvalue weighted by atomic mass is 10.1. The fourth-order valence-electron chi connectivity index (χ4n) is 2.74. The molecule has 0 spiro atoms. The van der Waals surface area contributed by atoms with Crippen LogP contribution in [0.2, 0.25) is 0 Å². The summed E-state index contributed by atoms with van der Waals surface area (Å²) < 4.78 is 0. The normalized spacial score (nSPS) is 10.5. The Hall–Kier alpha value is -2.62. The molecule has 0 saturated carbocycles. The molecule has 0 saturated heterocycles. The zero-order valence-electron chi connectivity index (χ0n) is 16.1. The Morgan fingerprint density at radius 2 is 1.08 bits per heavy atom. The molecule has 2 N–H and O–H groups in total. The van der Waals surface area contributed by atoms with Crippen molar-refractivity contribution < 1.29 is 9.59 Å². The van der Waals surface area contributed by atoms with Gasteiger partial charge in [0.05, 0.1) is 0 Å². The molecule has 2 rings (SSSR count). The Labute approximate surface area is 156 Å². The summed E-state index contributed by atoms with van der Waals surface area (Å²) in [6, 6.07) is 12.0. The lowest BCUT2D eigenvalue weighted by Crippen LogP contribution is -2.14. The van der Waals surface area contributed by atoms with Crippen LogP contribution in [-0.2, 0) is 9.59 Å². The van der Waals surface area contributed by atoms with E-state index < -0.39 is 0 Å². The summed E-state index contributed by atoms with van der Waals surface area (Å²) in [5.74, 6) is -0.0118. The molecule has 2 aromatic carbocycles. The van der Waals surface area contributed by atoms with Crippen LogP contribution in [0.15, 0.2) is 36.4 Å². The number of carbonyl (C=O) groups excluding carboxylic acids is 2. The molecule has 4 nitrogen and oxygen atoms in total. The van der Waals surface area contributed by atoms with Crippen LogP contribution in [0.3, 0.4) is 0 Å². The predicted molar refractivity (Wildman–Crippen MR) is 108 cm³/mol. The fraction of sp³-hybridized carbons (Fsp3) is 0.364. The summed E-state index contributed by atoms with van der Waals surface area (Å²) in [4.78, 5) is 24.2. The van der Waals surface area contributed by atoms with Crippen molar-refractivity contribution in [3.8, 4) is 0 Å². The van der Waals surface area contributed by atoms with Crippen molar-refractivity contribution in [2.75, 3.05) is 10.6 Å². The van der Waals surface area contributed by atoms with Crippen LogP contribution in [0, 0.1) is 27.7 Å². The number of unbranched alkanes of at least 4 members (excludes halogenated alkanes) is 1. The number of anilines is 2. The lowest BCUT2D eigenvalue weighted by Gasteiger charge is -2.10. The van der Waals surface area contributed by atoms with Crippen LogP contribution in [0.25, 0.3) is 0 Å². The summed E-state index contributed by atoms with van der Waals surface area (Å²) >= 11 is 0. The molecule has 0 unspecified atom stereocenters. The molecule has 4 heteroatoms. The molecular weight excluding hydrogens is 324 g/mol. The van der Waals surface area contributed by atoms with Gasteiger partial charge in [-0.25, -0.2) is 0 Å². The van der Waals surface area contributed by atoms with E-state index in [9.17, 15) is 9.59 Å². The first-order chi connectivity index (χ1) is 12.3. The van der Waals surface area contributed by atoms with Crippen LogP contribution >= 0.6 is 0 Å². The summed E-state index contributed by atoms with van der Waals surface area (Å²) in [5.41, 5.74) is 6.07. The zero-order chi connectivity index (χ0) is 19.1. The van der Waals surface area contributed by atoms with Crippen molar-refractivity contribution in [2.45, 2.75) is 53.4 Å². The molecule has 0 aliphatic carbocycles. The third kappa shape index (κ3) is 6.03. The van der Waals surface area contributed by atoms with E-state index in [0.29, 0.717) is 25.7 Å². The highest BCUT2D eigenvalue weighted by molar-refractivity contribution is 5.92. The van der Waals surface area contributed by atoms with E-state index in [0.717, 1.165) is 33.6 Å². The van der Waals surface area contributed by atoms with E-state index in [-0.39, 0.29) is 11.8 Å². The standard InChI is InChI=1S/C22H28N2O2/c1-15-9-11-17(3)19(13-15)23-21(25)7-5-6-8-22(26)24-20-14-16(2)10-12-18(20)4/h9-14H,5-8H2,1-4H3,(H,23,25)(H,24,26). The maximum absolute atomic E-state index is 12.1. The third-order valence-electron chi connectivity index (χ3n) is 4.39. The number of benzene rings is 2. The molecule has 2 amide bonds. The maximum Gasteiger partial charge on any atom is 0.224 e. The minimum absolute atomic E-state index is 0.00589. The molecule has 2 aromatic rings. The number of amides is 2. The smallest absolute Gasteiger partial charge is 0.224 e. The molecule has 0 fully saturated rings. The minimum atomic E-state index is -0.00589. The second kappa shape index (κ2) is 9.18. The third-order valence-corrected chi connectivity index (χ3v) is 4.39. The van der Waals surface area contributed by atoms with E-state index in [1.54, 1.807) is 0 Å². The van der Waals surface area contributed by atoms with Crippen LogP contribution < -0.4 is 10.6 Å². The fourth-order valence-corrected chi connectivity index (χ4v) is 2.74. The van der Waals surface area contributed by atoms with Crippen molar-refractivity contribution in [2.24, 2.45) is 0 Å². The number of aryl methyl sites for hydroxylation is 4. The van der Waals surface area contributed by atoms with Gasteiger partial charge < -0.3 is 10.6 Å².